The molecule has 88 valence electrons. The van der Waals surface area contributed by atoms with Crippen molar-refractivity contribution in [2.45, 2.75) is 18.2 Å². The molecule has 1 aliphatic heterocycles. The number of nitrogens with zero attached hydrogens (tertiary/aromatic N) is 3. The van der Waals surface area contributed by atoms with Crippen molar-refractivity contribution in [3.63, 3.8) is 0 Å². The summed E-state index contributed by atoms with van der Waals surface area (Å²) in [5.74, 6) is 1.01. The molecule has 0 amide bonds. The van der Waals surface area contributed by atoms with Crippen LogP contribution >= 0.6 is 11.6 Å². The van der Waals surface area contributed by atoms with Crippen molar-refractivity contribution in [3.05, 3.63) is 30.6 Å². The minimum atomic E-state index is 0.234. The molecule has 1 aliphatic rings. The Morgan fingerprint density at radius 3 is 3.00 bits per heavy atom. The van der Waals surface area contributed by atoms with E-state index in [9.17, 15) is 0 Å². The van der Waals surface area contributed by atoms with Gasteiger partial charge in [0.15, 0.2) is 0 Å². The SMILES string of the molecule is ClC1CCCN(c2ncnc3ccccc23)C1. The fraction of sp³-hybridized carbons (Fsp3) is 0.385. The van der Waals surface area contributed by atoms with E-state index >= 15 is 0 Å². The number of anilines is 1. The lowest BCUT2D eigenvalue weighted by atomic mass is 10.1. The van der Waals surface area contributed by atoms with Gasteiger partial charge in [0.25, 0.3) is 0 Å². The molecule has 17 heavy (non-hydrogen) atoms. The molecule has 1 fully saturated rings. The Kier molecular flexibility index (Phi) is 2.85. The fourth-order valence-corrected chi connectivity index (χ4v) is 2.68. The van der Waals surface area contributed by atoms with Crippen LogP contribution in [0.4, 0.5) is 5.82 Å². The molecule has 4 heteroatoms. The molecule has 2 aromatic rings. The van der Waals surface area contributed by atoms with Crippen LogP contribution in [0, 0.1) is 0 Å². The van der Waals surface area contributed by atoms with Crippen LogP contribution in [-0.2, 0) is 0 Å². The number of hydrogen-bond acceptors (Lipinski definition) is 3. The number of alkyl halides is 1. The first-order chi connectivity index (χ1) is 8.34. The second-order valence-electron chi connectivity index (χ2n) is 4.40. The number of rotatable bonds is 1. The molecule has 3 nitrogen and oxygen atoms in total. The zero-order chi connectivity index (χ0) is 11.7. The van der Waals surface area contributed by atoms with Crippen molar-refractivity contribution >= 4 is 28.3 Å². The lowest BCUT2D eigenvalue weighted by Crippen LogP contribution is -2.36. The van der Waals surface area contributed by atoms with E-state index in [1.165, 1.54) is 0 Å². The summed E-state index contributed by atoms with van der Waals surface area (Å²) in [5.41, 5.74) is 0.995. The average Bonchev–Trinajstić information content (AvgIpc) is 2.38. The van der Waals surface area contributed by atoms with Crippen molar-refractivity contribution < 1.29 is 0 Å². The summed E-state index contributed by atoms with van der Waals surface area (Å²) in [6.45, 7) is 1.91. The van der Waals surface area contributed by atoms with Crippen LogP contribution in [-0.4, -0.2) is 28.4 Å². The van der Waals surface area contributed by atoms with Gasteiger partial charge in [-0.1, -0.05) is 12.1 Å². The van der Waals surface area contributed by atoms with Crippen LogP contribution in [0.15, 0.2) is 30.6 Å². The Labute approximate surface area is 105 Å². The topological polar surface area (TPSA) is 29.0 Å². The Hall–Kier alpha value is -1.35. The highest BCUT2D eigenvalue weighted by atomic mass is 35.5. The maximum Gasteiger partial charge on any atom is 0.139 e. The van der Waals surface area contributed by atoms with Gasteiger partial charge in [0.1, 0.15) is 12.1 Å². The van der Waals surface area contributed by atoms with E-state index in [2.05, 4.69) is 20.9 Å². The van der Waals surface area contributed by atoms with Gasteiger partial charge in [-0.15, -0.1) is 11.6 Å². The molecule has 1 aromatic heterocycles. The minimum absolute atomic E-state index is 0.234. The van der Waals surface area contributed by atoms with Gasteiger partial charge >= 0.3 is 0 Å². The quantitative estimate of drug-likeness (QED) is 0.726. The third-order valence-corrected chi connectivity index (χ3v) is 3.54. The Morgan fingerprint density at radius 1 is 1.24 bits per heavy atom. The Morgan fingerprint density at radius 2 is 2.12 bits per heavy atom. The van der Waals surface area contributed by atoms with E-state index in [1.807, 2.05) is 18.2 Å². The fourth-order valence-electron chi connectivity index (χ4n) is 2.36. The summed E-state index contributed by atoms with van der Waals surface area (Å²) in [6, 6.07) is 8.11. The first-order valence-corrected chi connectivity index (χ1v) is 6.37. The van der Waals surface area contributed by atoms with E-state index in [4.69, 9.17) is 11.6 Å². The Balaban J connectivity index is 2.04. The highest BCUT2D eigenvalue weighted by Crippen LogP contribution is 2.26. The summed E-state index contributed by atoms with van der Waals surface area (Å²) < 4.78 is 0. The lowest BCUT2D eigenvalue weighted by Gasteiger charge is -2.31. The van der Waals surface area contributed by atoms with Crippen molar-refractivity contribution in [3.8, 4) is 0 Å². The molecule has 0 saturated carbocycles. The molecule has 1 saturated heterocycles. The molecule has 1 unspecified atom stereocenters. The van der Waals surface area contributed by atoms with Crippen LogP contribution in [0.1, 0.15) is 12.8 Å². The molecular weight excluding hydrogens is 234 g/mol. The van der Waals surface area contributed by atoms with Crippen LogP contribution in [0.25, 0.3) is 10.9 Å². The standard InChI is InChI=1S/C13H14ClN3/c14-10-4-3-7-17(8-10)13-11-5-1-2-6-12(11)15-9-16-13/h1-2,5-6,9-10H,3-4,7-8H2. The smallest absolute Gasteiger partial charge is 0.139 e. The number of halogens is 1. The summed E-state index contributed by atoms with van der Waals surface area (Å²) in [7, 11) is 0. The van der Waals surface area contributed by atoms with Gasteiger partial charge < -0.3 is 4.90 Å². The number of aromatic nitrogens is 2. The van der Waals surface area contributed by atoms with Gasteiger partial charge in [0.05, 0.1) is 10.9 Å². The van der Waals surface area contributed by atoms with Gasteiger partial charge in [-0.05, 0) is 25.0 Å². The zero-order valence-corrected chi connectivity index (χ0v) is 10.3. The van der Waals surface area contributed by atoms with E-state index < -0.39 is 0 Å². The summed E-state index contributed by atoms with van der Waals surface area (Å²) >= 11 is 6.23. The molecule has 0 aliphatic carbocycles. The van der Waals surface area contributed by atoms with E-state index in [-0.39, 0.29) is 5.38 Å². The molecule has 1 atom stereocenters. The minimum Gasteiger partial charge on any atom is -0.355 e. The predicted octanol–water partition coefficient (Wildman–Crippen LogP) is 2.84. The average molecular weight is 248 g/mol. The van der Waals surface area contributed by atoms with Gasteiger partial charge in [-0.2, -0.15) is 0 Å². The predicted molar refractivity (Wildman–Crippen MR) is 70.6 cm³/mol. The number of fused-ring (bicyclic) bond motifs is 1. The molecular formula is C13H14ClN3. The van der Waals surface area contributed by atoms with Gasteiger partial charge in [-0.3, -0.25) is 0 Å². The molecule has 1 aromatic carbocycles. The van der Waals surface area contributed by atoms with Crippen molar-refractivity contribution in [1.82, 2.24) is 9.97 Å². The highest BCUT2D eigenvalue weighted by molar-refractivity contribution is 6.21. The van der Waals surface area contributed by atoms with E-state index in [0.717, 1.165) is 42.7 Å². The maximum atomic E-state index is 6.23. The molecule has 2 heterocycles. The van der Waals surface area contributed by atoms with E-state index in [0.29, 0.717) is 0 Å². The second-order valence-corrected chi connectivity index (χ2v) is 5.02. The lowest BCUT2D eigenvalue weighted by molar-refractivity contribution is 0.581. The molecule has 0 N–H and O–H groups in total. The second kappa shape index (κ2) is 4.49. The first-order valence-electron chi connectivity index (χ1n) is 5.93. The molecule has 0 spiro atoms. The maximum absolute atomic E-state index is 6.23. The van der Waals surface area contributed by atoms with Crippen LogP contribution in [0.2, 0.25) is 0 Å². The summed E-state index contributed by atoms with van der Waals surface area (Å²) in [4.78, 5) is 11.0. The van der Waals surface area contributed by atoms with Crippen molar-refractivity contribution in [2.24, 2.45) is 0 Å². The number of benzene rings is 1. The van der Waals surface area contributed by atoms with Crippen molar-refractivity contribution in [2.75, 3.05) is 18.0 Å². The van der Waals surface area contributed by atoms with Crippen molar-refractivity contribution in [1.29, 1.82) is 0 Å². The molecule has 3 rings (SSSR count). The van der Waals surface area contributed by atoms with Crippen LogP contribution in [0.5, 0.6) is 0 Å². The molecule has 0 radical (unpaired) electrons. The number of para-hydroxylation sites is 1. The van der Waals surface area contributed by atoms with Gasteiger partial charge in [-0.25, -0.2) is 9.97 Å². The van der Waals surface area contributed by atoms with Crippen LogP contribution in [0.3, 0.4) is 0 Å². The van der Waals surface area contributed by atoms with E-state index in [1.54, 1.807) is 6.33 Å². The number of piperidine rings is 1. The number of hydrogen-bond donors (Lipinski definition) is 0. The largest absolute Gasteiger partial charge is 0.355 e. The first kappa shape index (κ1) is 10.8. The highest BCUT2D eigenvalue weighted by Gasteiger charge is 2.20. The van der Waals surface area contributed by atoms with Gasteiger partial charge in [0, 0.05) is 18.5 Å². The van der Waals surface area contributed by atoms with Crippen LogP contribution < -0.4 is 4.90 Å². The third-order valence-electron chi connectivity index (χ3n) is 3.19. The monoisotopic (exact) mass is 247 g/mol. The summed E-state index contributed by atoms with van der Waals surface area (Å²) in [5, 5.41) is 1.35. The molecule has 0 bridgehead atoms. The normalized spacial score (nSPS) is 20.8. The Bertz CT molecular complexity index is 524. The summed E-state index contributed by atoms with van der Waals surface area (Å²) in [6.07, 6.45) is 3.86. The van der Waals surface area contributed by atoms with Gasteiger partial charge in [0.2, 0.25) is 0 Å². The zero-order valence-electron chi connectivity index (χ0n) is 9.51. The third kappa shape index (κ3) is 2.07.